The summed E-state index contributed by atoms with van der Waals surface area (Å²) in [5, 5.41) is 6.21. The highest BCUT2D eigenvalue weighted by molar-refractivity contribution is 7.09. The van der Waals surface area contributed by atoms with E-state index in [1.54, 1.807) is 18.2 Å². The van der Waals surface area contributed by atoms with Crippen LogP contribution in [0.2, 0.25) is 5.02 Å². The summed E-state index contributed by atoms with van der Waals surface area (Å²) in [6.45, 7) is 1.41. The zero-order valence-corrected chi connectivity index (χ0v) is 16.1. The second-order valence-corrected chi connectivity index (χ2v) is 8.00. The molecule has 0 radical (unpaired) electrons. The van der Waals surface area contributed by atoms with Gasteiger partial charge >= 0.3 is 0 Å². The van der Waals surface area contributed by atoms with Crippen LogP contribution in [0.3, 0.4) is 0 Å². The molecule has 0 N–H and O–H groups in total. The Hall–Kier alpha value is -1.70. The molecule has 1 aliphatic heterocycles. The summed E-state index contributed by atoms with van der Waals surface area (Å²) in [4.78, 5) is 17.7. The van der Waals surface area contributed by atoms with Gasteiger partial charge in [0.25, 0.3) is 5.91 Å². The summed E-state index contributed by atoms with van der Waals surface area (Å²) in [7, 11) is 1.52. The van der Waals surface area contributed by atoms with Gasteiger partial charge in [-0.3, -0.25) is 4.79 Å². The van der Waals surface area contributed by atoms with Gasteiger partial charge in [-0.05, 0) is 43.9 Å². The maximum Gasteiger partial charge on any atom is 0.283 e. The number of halogens is 1. The predicted octanol–water partition coefficient (Wildman–Crippen LogP) is 3.40. The Morgan fingerprint density at radius 2 is 2.31 bits per heavy atom. The number of ether oxygens (including phenoxy) is 2. The molecule has 8 heteroatoms. The molecule has 1 amide bonds. The lowest BCUT2D eigenvalue weighted by molar-refractivity contribution is 0.0919. The van der Waals surface area contributed by atoms with Crippen molar-refractivity contribution in [3.8, 4) is 5.75 Å². The average molecular weight is 394 g/mol. The van der Waals surface area contributed by atoms with Crippen molar-refractivity contribution in [3.63, 3.8) is 0 Å². The van der Waals surface area contributed by atoms with E-state index in [4.69, 9.17) is 26.2 Å². The van der Waals surface area contributed by atoms with Crippen molar-refractivity contribution in [1.82, 2.24) is 9.78 Å². The molecule has 26 heavy (non-hydrogen) atoms. The van der Waals surface area contributed by atoms with Crippen LogP contribution < -0.4 is 9.54 Å². The van der Waals surface area contributed by atoms with Crippen LogP contribution in [-0.4, -0.2) is 35.5 Å². The van der Waals surface area contributed by atoms with Crippen molar-refractivity contribution in [3.05, 3.63) is 38.6 Å². The lowest BCUT2D eigenvalue weighted by atomic mass is 10.2. The molecular weight excluding hydrogens is 374 g/mol. The minimum atomic E-state index is -0.378. The fraction of sp³-hybridized carbons (Fsp3) is 0.500. The molecular formula is C18H20ClN3O3S. The van der Waals surface area contributed by atoms with Crippen molar-refractivity contribution in [1.29, 1.82) is 0 Å². The van der Waals surface area contributed by atoms with Gasteiger partial charge in [-0.25, -0.2) is 4.68 Å². The molecule has 138 valence electrons. The number of amides is 1. The predicted molar refractivity (Wildman–Crippen MR) is 99.0 cm³/mol. The third-order valence-corrected chi connectivity index (χ3v) is 5.90. The van der Waals surface area contributed by atoms with E-state index in [9.17, 15) is 4.79 Å². The topological polar surface area (TPSA) is 65.7 Å². The fourth-order valence-corrected chi connectivity index (χ4v) is 4.25. The van der Waals surface area contributed by atoms with Crippen molar-refractivity contribution < 1.29 is 14.3 Å². The molecule has 4 rings (SSSR count). The smallest absolute Gasteiger partial charge is 0.283 e. The molecule has 0 spiro atoms. The first-order valence-corrected chi connectivity index (χ1v) is 9.95. The van der Waals surface area contributed by atoms with Gasteiger partial charge in [0.2, 0.25) is 4.80 Å². The third kappa shape index (κ3) is 3.84. The van der Waals surface area contributed by atoms with Gasteiger partial charge < -0.3 is 9.47 Å². The molecule has 1 atom stereocenters. The van der Waals surface area contributed by atoms with Crippen LogP contribution in [-0.2, 0) is 11.3 Å². The number of hydrogen-bond donors (Lipinski definition) is 0. The van der Waals surface area contributed by atoms with Crippen LogP contribution in [0.25, 0.3) is 0 Å². The van der Waals surface area contributed by atoms with Gasteiger partial charge in [0, 0.05) is 17.5 Å². The van der Waals surface area contributed by atoms with Gasteiger partial charge in [-0.2, -0.15) is 10.1 Å². The molecule has 1 aliphatic carbocycles. The zero-order valence-electron chi connectivity index (χ0n) is 14.5. The Bertz CT molecular complexity index is 882. The number of benzene rings is 1. The number of aromatic nitrogens is 2. The Morgan fingerprint density at radius 1 is 1.46 bits per heavy atom. The summed E-state index contributed by atoms with van der Waals surface area (Å²) in [5.41, 5.74) is 0.352. The van der Waals surface area contributed by atoms with Crippen LogP contribution in [0.1, 0.15) is 47.0 Å². The highest BCUT2D eigenvalue weighted by atomic mass is 35.5. The first kappa shape index (κ1) is 17.7. The zero-order chi connectivity index (χ0) is 18.1. The van der Waals surface area contributed by atoms with Crippen molar-refractivity contribution >= 4 is 28.8 Å². The number of methoxy groups -OCH3 is 1. The number of hydrogen-bond acceptors (Lipinski definition) is 5. The third-order valence-electron chi connectivity index (χ3n) is 4.55. The minimum absolute atomic E-state index is 0.138. The van der Waals surface area contributed by atoms with Gasteiger partial charge in [0.05, 0.1) is 25.3 Å². The number of carbonyl (C=O) groups is 1. The van der Waals surface area contributed by atoms with Crippen LogP contribution in [0.15, 0.2) is 23.2 Å². The lowest BCUT2D eigenvalue weighted by Crippen LogP contribution is -2.25. The van der Waals surface area contributed by atoms with E-state index in [-0.39, 0.29) is 12.0 Å². The quantitative estimate of drug-likeness (QED) is 0.780. The molecule has 1 saturated carbocycles. The molecule has 2 aromatic rings. The van der Waals surface area contributed by atoms with Crippen LogP contribution >= 0.6 is 22.9 Å². The van der Waals surface area contributed by atoms with Gasteiger partial charge in [0.1, 0.15) is 10.8 Å². The summed E-state index contributed by atoms with van der Waals surface area (Å²) < 4.78 is 12.8. The summed E-state index contributed by atoms with van der Waals surface area (Å²) in [6, 6.07) is 4.94. The van der Waals surface area contributed by atoms with Crippen molar-refractivity contribution in [2.75, 3.05) is 13.7 Å². The maximum atomic E-state index is 12.8. The normalized spacial score (nSPS) is 20.5. The number of rotatable bonds is 5. The van der Waals surface area contributed by atoms with E-state index in [1.807, 2.05) is 4.68 Å². The fourth-order valence-electron chi connectivity index (χ4n) is 3.00. The molecule has 1 aromatic carbocycles. The molecule has 0 bridgehead atoms. The Morgan fingerprint density at radius 3 is 3.00 bits per heavy atom. The molecule has 2 fully saturated rings. The molecule has 1 aromatic heterocycles. The SMILES string of the molecule is COc1ccc(Cl)cc1C(=O)/N=c1\sc(C2CC2)nn1CC1CCCO1. The number of nitrogens with zero attached hydrogens (tertiary/aromatic N) is 3. The van der Waals surface area contributed by atoms with E-state index >= 15 is 0 Å². The van der Waals surface area contributed by atoms with Crippen LogP contribution in [0, 0.1) is 0 Å². The first-order valence-electron chi connectivity index (χ1n) is 8.76. The minimum Gasteiger partial charge on any atom is -0.496 e. The number of carbonyl (C=O) groups excluding carboxylic acids is 1. The largest absolute Gasteiger partial charge is 0.496 e. The Labute approximate surface area is 160 Å². The standard InChI is InChI=1S/C18H20ClN3O3S/c1-24-15-7-6-12(19)9-14(15)16(23)20-18-22(10-13-3-2-8-25-13)21-17(26-18)11-4-5-11/h6-7,9,11,13H,2-5,8,10H2,1H3/b20-18-. The van der Waals surface area contributed by atoms with E-state index in [0.717, 1.165) is 37.3 Å². The second kappa shape index (κ2) is 7.50. The second-order valence-electron chi connectivity index (χ2n) is 6.58. The molecule has 1 saturated heterocycles. The summed E-state index contributed by atoms with van der Waals surface area (Å²) in [5.74, 6) is 0.590. The monoisotopic (exact) mass is 393 g/mol. The van der Waals surface area contributed by atoms with E-state index in [0.29, 0.717) is 33.6 Å². The van der Waals surface area contributed by atoms with Gasteiger partial charge in [-0.1, -0.05) is 22.9 Å². The van der Waals surface area contributed by atoms with Gasteiger partial charge in [0.15, 0.2) is 0 Å². The Balaban J connectivity index is 1.68. The highest BCUT2D eigenvalue weighted by Crippen LogP contribution is 2.40. The Kier molecular flexibility index (Phi) is 5.11. The van der Waals surface area contributed by atoms with Gasteiger partial charge in [-0.15, -0.1) is 0 Å². The summed E-state index contributed by atoms with van der Waals surface area (Å²) >= 11 is 7.53. The lowest BCUT2D eigenvalue weighted by Gasteiger charge is -2.09. The molecule has 6 nitrogen and oxygen atoms in total. The maximum absolute atomic E-state index is 12.8. The van der Waals surface area contributed by atoms with Crippen LogP contribution in [0.5, 0.6) is 5.75 Å². The first-order chi connectivity index (χ1) is 12.6. The molecule has 1 unspecified atom stereocenters. The van der Waals surface area contributed by atoms with E-state index in [1.165, 1.54) is 18.4 Å². The van der Waals surface area contributed by atoms with Crippen molar-refractivity contribution in [2.24, 2.45) is 4.99 Å². The van der Waals surface area contributed by atoms with Crippen LogP contribution in [0.4, 0.5) is 0 Å². The highest BCUT2D eigenvalue weighted by Gasteiger charge is 2.28. The van der Waals surface area contributed by atoms with E-state index in [2.05, 4.69) is 4.99 Å². The van der Waals surface area contributed by atoms with E-state index < -0.39 is 0 Å². The van der Waals surface area contributed by atoms with Crippen molar-refractivity contribution in [2.45, 2.75) is 44.2 Å². The molecule has 2 aliphatic rings. The molecule has 2 heterocycles. The summed E-state index contributed by atoms with van der Waals surface area (Å²) in [6.07, 6.45) is 4.53. The average Bonchev–Trinajstić information content (AvgIpc) is 3.23.